The van der Waals surface area contributed by atoms with Gasteiger partial charge in [-0.15, -0.1) is 11.6 Å². The average Bonchev–Trinajstić information content (AvgIpc) is 3.33. The first kappa shape index (κ1) is 35.9. The molecule has 15 heteroatoms. The molecule has 0 unspecified atom stereocenters. The van der Waals surface area contributed by atoms with E-state index in [0.717, 1.165) is 27.7 Å². The van der Waals surface area contributed by atoms with Crippen LogP contribution in [0.5, 0.6) is 0 Å². The second-order valence-electron chi connectivity index (χ2n) is 13.5. The predicted octanol–water partition coefficient (Wildman–Crippen LogP) is 1.51. The minimum absolute atomic E-state index is 0.0702. The Labute approximate surface area is 271 Å². The number of carbonyl (C=O) groups is 6. The van der Waals surface area contributed by atoms with Crippen molar-refractivity contribution in [1.82, 2.24) is 0 Å². The van der Waals surface area contributed by atoms with E-state index in [2.05, 4.69) is 0 Å². The maximum atomic E-state index is 13.4. The van der Waals surface area contributed by atoms with Gasteiger partial charge >= 0.3 is 35.8 Å². The third-order valence-corrected chi connectivity index (χ3v) is 11.1. The molecule has 0 aromatic heterocycles. The number of carbonyl (C=O) groups excluding carboxylic acids is 6. The summed E-state index contributed by atoms with van der Waals surface area (Å²) in [6.45, 7) is 10.0. The Bertz CT molecular complexity index is 1310. The normalized spacial score (nSPS) is 42.2. The summed E-state index contributed by atoms with van der Waals surface area (Å²) in [6.07, 6.45) is -7.27. The van der Waals surface area contributed by atoms with E-state index in [1.165, 1.54) is 27.7 Å². The zero-order valence-corrected chi connectivity index (χ0v) is 28.0. The lowest BCUT2D eigenvalue weighted by Gasteiger charge is -2.54. The molecule has 46 heavy (non-hydrogen) atoms. The molecule has 14 nitrogen and oxygen atoms in total. The van der Waals surface area contributed by atoms with Gasteiger partial charge < -0.3 is 38.6 Å². The fourth-order valence-electron chi connectivity index (χ4n) is 9.26. The molecule has 1 aliphatic heterocycles. The first-order chi connectivity index (χ1) is 21.2. The van der Waals surface area contributed by atoms with Crippen LogP contribution in [-0.4, -0.2) is 98.7 Å². The number of ether oxygens (including phenoxy) is 6. The maximum absolute atomic E-state index is 13.4. The van der Waals surface area contributed by atoms with Crippen LogP contribution in [0.15, 0.2) is 0 Å². The van der Waals surface area contributed by atoms with Gasteiger partial charge in [-0.25, -0.2) is 0 Å². The molecule has 0 aromatic carbocycles. The Morgan fingerprint density at radius 3 is 1.96 bits per heavy atom. The Balaban J connectivity index is 2.26. The molecule has 0 aromatic rings. The molecule has 3 aliphatic carbocycles. The number of alkyl halides is 1. The summed E-state index contributed by atoms with van der Waals surface area (Å²) in [5.41, 5.74) is -10.5. The highest BCUT2D eigenvalue weighted by atomic mass is 35.5. The monoisotopic (exact) mass is 674 g/mol. The van der Waals surface area contributed by atoms with Gasteiger partial charge in [0.05, 0.1) is 23.3 Å². The molecule has 258 valence electrons. The summed E-state index contributed by atoms with van der Waals surface area (Å²) in [5.74, 6) is -9.16. The molecule has 1 spiro atoms. The third-order valence-electron chi connectivity index (χ3n) is 10.6. The van der Waals surface area contributed by atoms with Crippen molar-refractivity contribution >= 4 is 47.4 Å². The molecule has 2 N–H and O–H groups in total. The summed E-state index contributed by atoms with van der Waals surface area (Å²) >= 11 is 6.32. The van der Waals surface area contributed by atoms with Crippen molar-refractivity contribution < 1.29 is 67.4 Å². The highest BCUT2D eigenvalue weighted by Gasteiger charge is 2.87. The lowest BCUT2D eigenvalue weighted by molar-refractivity contribution is -0.264. The molecule has 0 amide bonds. The van der Waals surface area contributed by atoms with Gasteiger partial charge in [-0.3, -0.25) is 28.8 Å². The number of esters is 6. The van der Waals surface area contributed by atoms with Crippen molar-refractivity contribution in [3.05, 3.63) is 0 Å². The maximum Gasteiger partial charge on any atom is 0.307 e. The number of fused-ring (bicyclic) bond motifs is 2. The van der Waals surface area contributed by atoms with E-state index in [1.54, 1.807) is 0 Å². The minimum Gasteiger partial charge on any atom is -0.461 e. The zero-order chi connectivity index (χ0) is 34.8. The van der Waals surface area contributed by atoms with Crippen molar-refractivity contribution in [3.8, 4) is 0 Å². The van der Waals surface area contributed by atoms with Gasteiger partial charge in [0.15, 0.2) is 29.5 Å². The lowest BCUT2D eigenvalue weighted by atomic mass is 9.55. The van der Waals surface area contributed by atoms with E-state index in [0.29, 0.717) is 0 Å². The van der Waals surface area contributed by atoms with Gasteiger partial charge in [-0.2, -0.15) is 0 Å². The molecule has 4 fully saturated rings. The quantitative estimate of drug-likeness (QED) is 0.213. The van der Waals surface area contributed by atoms with Crippen LogP contribution in [-0.2, 0) is 57.2 Å². The van der Waals surface area contributed by atoms with Gasteiger partial charge in [-0.1, -0.05) is 6.92 Å². The van der Waals surface area contributed by atoms with Gasteiger partial charge in [-0.05, 0) is 33.6 Å². The van der Waals surface area contributed by atoms with Crippen LogP contribution in [0.1, 0.15) is 81.1 Å². The van der Waals surface area contributed by atoms with E-state index in [1.807, 2.05) is 0 Å². The highest BCUT2D eigenvalue weighted by molar-refractivity contribution is 6.18. The predicted molar refractivity (Wildman–Crippen MR) is 155 cm³/mol. The molecular weight excluding hydrogens is 632 g/mol. The Kier molecular flexibility index (Phi) is 9.30. The average molecular weight is 675 g/mol. The van der Waals surface area contributed by atoms with E-state index in [9.17, 15) is 39.0 Å². The molecule has 4 aliphatic rings. The standard InChI is InChI=1S/C31H43ClO14/c1-9-21(37)44-24-25(42-15(3)34)31(27(6,39)13-32)20(12-22(38)46-31)28(7,40)19-11-10-18-23(41-14(2)33)30(19,24)26(43-16(4)35)29(18,8)45-17(5)36/h18-20,23-26,39-40H,9-13H2,1-8H3/t18-,19+,20+,23+,24-,25-,26+,27+,28-,29+,30+,31+/m1/s1. The van der Waals surface area contributed by atoms with Crippen LogP contribution in [0.3, 0.4) is 0 Å². The summed E-state index contributed by atoms with van der Waals surface area (Å²) in [5, 5.41) is 24.9. The van der Waals surface area contributed by atoms with Crippen LogP contribution in [0.25, 0.3) is 0 Å². The second kappa shape index (κ2) is 11.9. The van der Waals surface area contributed by atoms with Gasteiger partial charge in [0.2, 0.25) is 0 Å². The van der Waals surface area contributed by atoms with Crippen LogP contribution in [0.4, 0.5) is 0 Å². The molecule has 0 radical (unpaired) electrons. The molecule has 1 saturated heterocycles. The highest BCUT2D eigenvalue weighted by Crippen LogP contribution is 2.71. The minimum atomic E-state index is -2.36. The molecule has 4 rings (SSSR count). The topological polar surface area (TPSA) is 198 Å². The number of halogens is 1. The largest absolute Gasteiger partial charge is 0.461 e. The van der Waals surface area contributed by atoms with Crippen LogP contribution < -0.4 is 0 Å². The van der Waals surface area contributed by atoms with Crippen LogP contribution in [0.2, 0.25) is 0 Å². The Hall–Kier alpha value is -2.97. The van der Waals surface area contributed by atoms with Gasteiger partial charge in [0, 0.05) is 51.9 Å². The van der Waals surface area contributed by atoms with Crippen molar-refractivity contribution in [3.63, 3.8) is 0 Å². The summed E-state index contributed by atoms with van der Waals surface area (Å²) in [6, 6.07) is 0. The van der Waals surface area contributed by atoms with Crippen molar-refractivity contribution in [1.29, 1.82) is 0 Å². The lowest BCUT2D eigenvalue weighted by Crippen LogP contribution is -2.71. The van der Waals surface area contributed by atoms with Crippen molar-refractivity contribution in [2.45, 2.75) is 128 Å². The zero-order valence-electron chi connectivity index (χ0n) is 27.2. The third kappa shape index (κ3) is 5.06. The second-order valence-corrected chi connectivity index (χ2v) is 13.8. The Morgan fingerprint density at radius 1 is 0.891 bits per heavy atom. The van der Waals surface area contributed by atoms with Crippen molar-refractivity contribution in [2.24, 2.45) is 23.2 Å². The Morgan fingerprint density at radius 2 is 1.46 bits per heavy atom. The van der Waals surface area contributed by atoms with E-state index >= 15 is 0 Å². The number of hydrogen-bond acceptors (Lipinski definition) is 14. The molecule has 2 bridgehead atoms. The van der Waals surface area contributed by atoms with Gasteiger partial charge in [0.25, 0.3) is 0 Å². The summed E-state index contributed by atoms with van der Waals surface area (Å²) in [4.78, 5) is 78.0. The fourth-order valence-corrected chi connectivity index (χ4v) is 9.47. The van der Waals surface area contributed by atoms with E-state index < -0.39 is 118 Å². The molecule has 1 heterocycles. The first-order valence-corrected chi connectivity index (χ1v) is 15.8. The summed E-state index contributed by atoms with van der Waals surface area (Å²) < 4.78 is 35.9. The summed E-state index contributed by atoms with van der Waals surface area (Å²) in [7, 11) is 0. The fraction of sp³-hybridized carbons (Fsp3) is 0.806. The van der Waals surface area contributed by atoms with Crippen molar-refractivity contribution in [2.75, 3.05) is 5.88 Å². The van der Waals surface area contributed by atoms with Crippen LogP contribution >= 0.6 is 11.6 Å². The SMILES string of the molecule is CCC(=O)O[C@@H]1[C@@H](OC(C)=O)[C@@]2([C@@](C)(O)CCl)OC(=O)C[C@H]2[C@](C)(O)[C@@H]2CC[C@@H]3[C@H](OC(C)=O)[C@]12[C@@H](OC(C)=O)[C@@]3(C)OC(C)=O. The smallest absolute Gasteiger partial charge is 0.307 e. The molecule has 12 atom stereocenters. The van der Waals surface area contributed by atoms with Gasteiger partial charge in [0.1, 0.15) is 11.7 Å². The van der Waals surface area contributed by atoms with Crippen LogP contribution in [0, 0.1) is 23.2 Å². The van der Waals surface area contributed by atoms with E-state index in [-0.39, 0.29) is 19.3 Å². The molecular formula is C31H43ClO14. The number of rotatable bonds is 8. The first-order valence-electron chi connectivity index (χ1n) is 15.3. The number of hydrogen-bond donors (Lipinski definition) is 2. The number of aliphatic hydroxyl groups is 2. The molecule has 3 saturated carbocycles. The van der Waals surface area contributed by atoms with E-state index in [4.69, 9.17) is 40.0 Å².